The molecule has 0 aliphatic carbocycles. The minimum Gasteiger partial charge on any atom is -0.469 e. The van der Waals surface area contributed by atoms with Gasteiger partial charge in [0.15, 0.2) is 0 Å². The number of nitrogens with zero attached hydrogens (tertiary/aromatic N) is 3. The molecule has 1 N–H and O–H groups in total. The summed E-state index contributed by atoms with van der Waals surface area (Å²) in [7, 11) is -2.86. The van der Waals surface area contributed by atoms with Crippen molar-refractivity contribution in [1.82, 2.24) is 14.5 Å². The second-order valence-electron chi connectivity index (χ2n) is 8.40. The Hall–Kier alpha value is -3.83. The van der Waals surface area contributed by atoms with Crippen LogP contribution in [0.25, 0.3) is 22.0 Å². The number of aromatic nitrogens is 3. The average Bonchev–Trinajstić information content (AvgIpc) is 2.86. The average molecular weight is 545 g/mol. The number of anilines is 1. The molecule has 4 aromatic rings. The minimum absolute atomic E-state index is 0.0998. The molecule has 9 nitrogen and oxygen atoms in total. The van der Waals surface area contributed by atoms with E-state index < -0.39 is 27.7 Å². The van der Waals surface area contributed by atoms with Crippen molar-refractivity contribution in [2.75, 3.05) is 11.8 Å². The molecule has 0 radical (unpaired) electrons. The Morgan fingerprint density at radius 2 is 1.92 bits per heavy atom. The van der Waals surface area contributed by atoms with Crippen LogP contribution in [-0.4, -0.2) is 36.0 Å². The molecule has 0 aliphatic heterocycles. The fourth-order valence-electron chi connectivity index (χ4n) is 3.73. The van der Waals surface area contributed by atoms with Crippen LogP contribution in [-0.2, 0) is 26.1 Å². The number of fused-ring (bicyclic) bond motifs is 1. The van der Waals surface area contributed by atoms with Crippen LogP contribution in [0.3, 0.4) is 0 Å². The summed E-state index contributed by atoms with van der Waals surface area (Å²) < 4.78 is 47.7. The maximum Gasteiger partial charge on any atom is 0.310 e. The van der Waals surface area contributed by atoms with Gasteiger partial charge in [0.25, 0.3) is 15.6 Å². The summed E-state index contributed by atoms with van der Waals surface area (Å²) in [6, 6.07) is 9.61. The number of aryl methyl sites for hydroxylation is 1. The fraction of sp³-hybridized carbons (Fsp3) is 0.200. The molecule has 2 aromatic heterocycles. The first-order valence-electron chi connectivity index (χ1n) is 11.0. The highest BCUT2D eigenvalue weighted by molar-refractivity contribution is 7.92. The molecule has 0 bridgehead atoms. The van der Waals surface area contributed by atoms with Gasteiger partial charge in [-0.15, -0.1) is 0 Å². The van der Waals surface area contributed by atoms with Crippen molar-refractivity contribution in [3.8, 4) is 11.1 Å². The molecule has 0 fully saturated rings. The van der Waals surface area contributed by atoms with Crippen LogP contribution < -0.4 is 10.3 Å². The summed E-state index contributed by atoms with van der Waals surface area (Å²) in [6.07, 6.45) is 2.93. The molecule has 37 heavy (non-hydrogen) atoms. The van der Waals surface area contributed by atoms with Crippen LogP contribution in [0.4, 0.5) is 10.1 Å². The summed E-state index contributed by atoms with van der Waals surface area (Å²) in [4.78, 5) is 33.2. The molecule has 1 atom stereocenters. The van der Waals surface area contributed by atoms with Gasteiger partial charge in [-0.25, -0.2) is 17.8 Å². The molecule has 2 heterocycles. The van der Waals surface area contributed by atoms with Crippen molar-refractivity contribution in [2.45, 2.75) is 25.3 Å². The number of hydrogen-bond acceptors (Lipinski definition) is 7. The van der Waals surface area contributed by atoms with E-state index in [1.807, 2.05) is 0 Å². The summed E-state index contributed by atoms with van der Waals surface area (Å²) in [5.74, 6) is -1.64. The van der Waals surface area contributed by atoms with Crippen molar-refractivity contribution in [1.29, 1.82) is 0 Å². The standard InChI is InChI=1S/C25H22ClFN4O5S/c1-14(25(33)36-3)12-31-13-29-21-6-4-16(8-19(21)24(31)32)17-9-22(15(2)28-11-17)30-37(34,35)23-7-5-18(27)10-20(23)26/h4-11,13-14,30H,12H2,1-3H3. The number of hydrogen-bond donors (Lipinski definition) is 1. The zero-order chi connectivity index (χ0) is 26.9. The van der Waals surface area contributed by atoms with Gasteiger partial charge in [-0.3, -0.25) is 23.9 Å². The maximum atomic E-state index is 13.4. The van der Waals surface area contributed by atoms with Crippen molar-refractivity contribution in [3.05, 3.63) is 81.9 Å². The number of rotatable bonds is 7. The van der Waals surface area contributed by atoms with Crippen molar-refractivity contribution < 1.29 is 22.3 Å². The van der Waals surface area contributed by atoms with Gasteiger partial charge in [0, 0.05) is 18.3 Å². The number of carbonyl (C=O) groups excluding carboxylic acids is 1. The SMILES string of the molecule is COC(=O)C(C)Cn1cnc2ccc(-c3cnc(C)c(NS(=O)(=O)c4ccc(F)cc4Cl)c3)cc2c1=O. The number of benzene rings is 2. The van der Waals surface area contributed by atoms with Gasteiger partial charge in [-0.2, -0.15) is 0 Å². The molecule has 192 valence electrons. The van der Waals surface area contributed by atoms with Crippen LogP contribution in [0.2, 0.25) is 5.02 Å². The Balaban J connectivity index is 1.71. The summed E-state index contributed by atoms with van der Waals surface area (Å²) in [5, 5.41) is 0.0620. The van der Waals surface area contributed by atoms with Gasteiger partial charge in [0.05, 0.1) is 46.7 Å². The fourth-order valence-corrected chi connectivity index (χ4v) is 5.37. The molecule has 0 spiro atoms. The molecule has 0 amide bonds. The topological polar surface area (TPSA) is 120 Å². The number of pyridine rings is 1. The first kappa shape index (κ1) is 26.2. The summed E-state index contributed by atoms with van der Waals surface area (Å²) >= 11 is 5.95. The zero-order valence-electron chi connectivity index (χ0n) is 20.0. The molecular weight excluding hydrogens is 523 g/mol. The first-order valence-corrected chi connectivity index (χ1v) is 12.9. The van der Waals surface area contributed by atoms with E-state index in [1.165, 1.54) is 18.0 Å². The molecule has 12 heteroatoms. The second kappa shape index (κ2) is 10.3. The lowest BCUT2D eigenvalue weighted by Gasteiger charge is -2.14. The third-order valence-electron chi connectivity index (χ3n) is 5.75. The number of methoxy groups -OCH3 is 1. The Bertz CT molecular complexity index is 1690. The lowest BCUT2D eigenvalue weighted by molar-refractivity contribution is -0.145. The number of nitrogens with one attached hydrogen (secondary N) is 1. The van der Waals surface area contributed by atoms with Gasteiger partial charge >= 0.3 is 5.97 Å². The molecule has 2 aromatic carbocycles. The van der Waals surface area contributed by atoms with E-state index in [0.29, 0.717) is 27.7 Å². The number of sulfonamides is 1. The van der Waals surface area contributed by atoms with Crippen LogP contribution in [0, 0.1) is 18.7 Å². The van der Waals surface area contributed by atoms with Crippen molar-refractivity contribution in [3.63, 3.8) is 0 Å². The maximum absolute atomic E-state index is 13.4. The van der Waals surface area contributed by atoms with E-state index in [-0.39, 0.29) is 27.7 Å². The number of carbonyl (C=O) groups is 1. The van der Waals surface area contributed by atoms with E-state index in [2.05, 4.69) is 14.7 Å². The highest BCUT2D eigenvalue weighted by atomic mass is 35.5. The van der Waals surface area contributed by atoms with Crippen molar-refractivity contribution in [2.24, 2.45) is 5.92 Å². The molecule has 0 aliphatic rings. The lowest BCUT2D eigenvalue weighted by Crippen LogP contribution is -2.27. The third kappa shape index (κ3) is 5.47. The van der Waals surface area contributed by atoms with Gasteiger partial charge in [0.1, 0.15) is 10.7 Å². The van der Waals surface area contributed by atoms with Crippen LogP contribution in [0.5, 0.6) is 0 Å². The van der Waals surface area contributed by atoms with Gasteiger partial charge in [-0.05, 0) is 48.9 Å². The first-order chi connectivity index (χ1) is 17.5. The monoisotopic (exact) mass is 544 g/mol. The molecular formula is C25H22ClFN4O5S. The highest BCUT2D eigenvalue weighted by Gasteiger charge is 2.20. The Labute approximate surface area is 217 Å². The van der Waals surface area contributed by atoms with E-state index in [0.717, 1.165) is 18.2 Å². The zero-order valence-corrected chi connectivity index (χ0v) is 21.6. The number of ether oxygens (including phenoxy) is 1. The normalized spacial score (nSPS) is 12.4. The van der Waals surface area contributed by atoms with Gasteiger partial charge in [0.2, 0.25) is 0 Å². The molecule has 1 unspecified atom stereocenters. The summed E-state index contributed by atoms with van der Waals surface area (Å²) in [5.41, 5.74) is 1.84. The predicted molar refractivity (Wildman–Crippen MR) is 137 cm³/mol. The quantitative estimate of drug-likeness (QED) is 0.347. The van der Waals surface area contributed by atoms with Gasteiger partial charge in [-0.1, -0.05) is 24.6 Å². The molecule has 0 saturated carbocycles. The predicted octanol–water partition coefficient (Wildman–Crippen LogP) is 4.17. The lowest BCUT2D eigenvalue weighted by atomic mass is 10.0. The van der Waals surface area contributed by atoms with Crippen molar-refractivity contribution >= 4 is 44.2 Å². The Kier molecular flexibility index (Phi) is 7.28. The molecule has 0 saturated heterocycles. The second-order valence-corrected chi connectivity index (χ2v) is 10.5. The van der Waals surface area contributed by atoms with E-state index in [1.54, 1.807) is 44.3 Å². The van der Waals surface area contributed by atoms with E-state index >= 15 is 0 Å². The Morgan fingerprint density at radius 1 is 1.16 bits per heavy atom. The van der Waals surface area contributed by atoms with Crippen LogP contribution in [0.15, 0.2) is 64.7 Å². The van der Waals surface area contributed by atoms with E-state index in [9.17, 15) is 22.4 Å². The molecule has 4 rings (SSSR count). The number of halogens is 2. The minimum atomic E-state index is -4.14. The summed E-state index contributed by atoms with van der Waals surface area (Å²) in [6.45, 7) is 3.38. The Morgan fingerprint density at radius 3 is 2.62 bits per heavy atom. The van der Waals surface area contributed by atoms with Crippen LogP contribution >= 0.6 is 11.6 Å². The smallest absolute Gasteiger partial charge is 0.310 e. The largest absolute Gasteiger partial charge is 0.469 e. The van der Waals surface area contributed by atoms with Crippen LogP contribution in [0.1, 0.15) is 12.6 Å². The number of esters is 1. The highest BCUT2D eigenvalue weighted by Crippen LogP contribution is 2.29. The van der Waals surface area contributed by atoms with Gasteiger partial charge < -0.3 is 4.74 Å². The van der Waals surface area contributed by atoms with E-state index in [4.69, 9.17) is 16.3 Å². The third-order valence-corrected chi connectivity index (χ3v) is 7.59.